The first-order valence-electron chi connectivity index (χ1n) is 5.67. The molecule has 2 heterocycles. The summed E-state index contributed by atoms with van der Waals surface area (Å²) in [6, 6.07) is 4.22. The van der Waals surface area contributed by atoms with Gasteiger partial charge in [-0.2, -0.15) is 0 Å². The van der Waals surface area contributed by atoms with E-state index in [1.807, 2.05) is 6.20 Å². The van der Waals surface area contributed by atoms with Gasteiger partial charge in [-0.1, -0.05) is 6.07 Å². The van der Waals surface area contributed by atoms with Crippen molar-refractivity contribution in [3.8, 4) is 0 Å². The van der Waals surface area contributed by atoms with E-state index in [0.717, 1.165) is 25.5 Å². The Hall–Kier alpha value is -1.09. The molecule has 2 rings (SSSR count). The second-order valence-electron chi connectivity index (χ2n) is 4.38. The molecule has 0 aromatic carbocycles. The maximum Gasteiger partial charge on any atom is 0.128 e. The second-order valence-corrected chi connectivity index (χ2v) is 4.38. The molecule has 0 bridgehead atoms. The highest BCUT2D eigenvalue weighted by molar-refractivity contribution is 5.39. The van der Waals surface area contributed by atoms with Crippen LogP contribution in [0, 0.1) is 12.8 Å². The molecule has 15 heavy (non-hydrogen) atoms. The number of hydrogen-bond acceptors (Lipinski definition) is 3. The highest BCUT2D eigenvalue weighted by Crippen LogP contribution is 2.20. The monoisotopic (exact) mass is 205 g/mol. The summed E-state index contributed by atoms with van der Waals surface area (Å²) in [7, 11) is 0. The van der Waals surface area contributed by atoms with Gasteiger partial charge in [0.2, 0.25) is 0 Å². The van der Waals surface area contributed by atoms with E-state index in [1.165, 1.54) is 18.4 Å². The molecule has 1 saturated heterocycles. The largest absolute Gasteiger partial charge is 0.356 e. The quantitative estimate of drug-likeness (QED) is 0.796. The number of aryl methyl sites for hydroxylation is 1. The molecule has 0 radical (unpaired) electrons. The number of anilines is 1. The Balaban J connectivity index is 2.06. The van der Waals surface area contributed by atoms with Gasteiger partial charge in [-0.3, -0.25) is 0 Å². The molecule has 0 amide bonds. The molecule has 1 aromatic heterocycles. The van der Waals surface area contributed by atoms with Gasteiger partial charge in [0.1, 0.15) is 5.82 Å². The number of hydrogen-bond donors (Lipinski definition) is 1. The minimum atomic E-state index is 0.641. The fourth-order valence-electron chi connectivity index (χ4n) is 2.11. The Morgan fingerprint density at radius 3 is 3.07 bits per heavy atom. The van der Waals surface area contributed by atoms with Gasteiger partial charge in [-0.15, -0.1) is 0 Å². The van der Waals surface area contributed by atoms with Crippen molar-refractivity contribution in [1.29, 1.82) is 0 Å². The first-order chi connectivity index (χ1) is 7.29. The summed E-state index contributed by atoms with van der Waals surface area (Å²) in [5, 5.41) is 0. The Labute approximate surface area is 91.3 Å². The molecule has 2 N–H and O–H groups in total. The standard InChI is InChI=1S/C12H19N3/c1-10-4-5-12(14-8-10)15-6-2-3-11(7-13)9-15/h4-5,8,11H,2-3,6-7,9,13H2,1H3. The van der Waals surface area contributed by atoms with Crippen LogP contribution < -0.4 is 10.6 Å². The van der Waals surface area contributed by atoms with Crippen LogP contribution in [0.5, 0.6) is 0 Å². The van der Waals surface area contributed by atoms with E-state index in [0.29, 0.717) is 5.92 Å². The van der Waals surface area contributed by atoms with Gasteiger partial charge in [0.15, 0.2) is 0 Å². The van der Waals surface area contributed by atoms with E-state index >= 15 is 0 Å². The average molecular weight is 205 g/mol. The number of nitrogens with two attached hydrogens (primary N) is 1. The lowest BCUT2D eigenvalue weighted by molar-refractivity contribution is 0.421. The summed E-state index contributed by atoms with van der Waals surface area (Å²) in [6.45, 7) is 5.04. The van der Waals surface area contributed by atoms with E-state index in [1.54, 1.807) is 0 Å². The van der Waals surface area contributed by atoms with E-state index in [-0.39, 0.29) is 0 Å². The lowest BCUT2D eigenvalue weighted by atomic mass is 9.98. The van der Waals surface area contributed by atoms with Crippen LogP contribution in [0.3, 0.4) is 0 Å². The SMILES string of the molecule is Cc1ccc(N2CCCC(CN)C2)nc1. The van der Waals surface area contributed by atoms with E-state index < -0.39 is 0 Å². The number of aromatic nitrogens is 1. The van der Waals surface area contributed by atoms with Gasteiger partial charge in [0, 0.05) is 19.3 Å². The van der Waals surface area contributed by atoms with Crippen LogP contribution in [-0.4, -0.2) is 24.6 Å². The zero-order valence-electron chi connectivity index (χ0n) is 9.32. The van der Waals surface area contributed by atoms with Crippen molar-refractivity contribution < 1.29 is 0 Å². The molecule has 3 heteroatoms. The van der Waals surface area contributed by atoms with Gasteiger partial charge in [0.05, 0.1) is 0 Å². The molecule has 1 aromatic rings. The van der Waals surface area contributed by atoms with Crippen molar-refractivity contribution in [3.63, 3.8) is 0 Å². The molecule has 1 aliphatic rings. The van der Waals surface area contributed by atoms with Crippen LogP contribution in [0.4, 0.5) is 5.82 Å². The summed E-state index contributed by atoms with van der Waals surface area (Å²) < 4.78 is 0. The predicted molar refractivity (Wildman–Crippen MR) is 63.0 cm³/mol. The Morgan fingerprint density at radius 2 is 2.40 bits per heavy atom. The molecular formula is C12H19N3. The number of nitrogens with zero attached hydrogens (tertiary/aromatic N) is 2. The van der Waals surface area contributed by atoms with Crippen molar-refractivity contribution in [1.82, 2.24) is 4.98 Å². The fourth-order valence-corrected chi connectivity index (χ4v) is 2.11. The van der Waals surface area contributed by atoms with Gasteiger partial charge in [-0.25, -0.2) is 4.98 Å². The van der Waals surface area contributed by atoms with Crippen molar-refractivity contribution in [2.45, 2.75) is 19.8 Å². The van der Waals surface area contributed by atoms with Crippen LogP contribution in [0.25, 0.3) is 0 Å². The Bertz CT molecular complexity index is 307. The molecule has 0 spiro atoms. The van der Waals surface area contributed by atoms with Crippen molar-refractivity contribution in [3.05, 3.63) is 23.9 Å². The summed E-state index contributed by atoms with van der Waals surface area (Å²) in [5.41, 5.74) is 6.93. The molecule has 1 atom stereocenters. The third-order valence-electron chi connectivity index (χ3n) is 3.07. The zero-order chi connectivity index (χ0) is 10.7. The van der Waals surface area contributed by atoms with Crippen LogP contribution in [0.15, 0.2) is 18.3 Å². The van der Waals surface area contributed by atoms with Crippen molar-refractivity contribution in [2.75, 3.05) is 24.5 Å². The minimum Gasteiger partial charge on any atom is -0.356 e. The first kappa shape index (κ1) is 10.4. The van der Waals surface area contributed by atoms with Crippen LogP contribution in [0.1, 0.15) is 18.4 Å². The highest BCUT2D eigenvalue weighted by atomic mass is 15.2. The predicted octanol–water partition coefficient (Wildman–Crippen LogP) is 1.57. The van der Waals surface area contributed by atoms with Gasteiger partial charge >= 0.3 is 0 Å². The summed E-state index contributed by atoms with van der Waals surface area (Å²) in [4.78, 5) is 6.80. The maximum absolute atomic E-state index is 5.72. The summed E-state index contributed by atoms with van der Waals surface area (Å²) in [5.74, 6) is 1.74. The lowest BCUT2D eigenvalue weighted by Gasteiger charge is -2.33. The fraction of sp³-hybridized carbons (Fsp3) is 0.583. The minimum absolute atomic E-state index is 0.641. The topological polar surface area (TPSA) is 42.1 Å². The van der Waals surface area contributed by atoms with Gasteiger partial charge < -0.3 is 10.6 Å². The number of rotatable bonds is 2. The number of piperidine rings is 1. The van der Waals surface area contributed by atoms with Crippen molar-refractivity contribution in [2.24, 2.45) is 11.7 Å². The number of pyridine rings is 1. The third kappa shape index (κ3) is 2.48. The third-order valence-corrected chi connectivity index (χ3v) is 3.07. The molecular weight excluding hydrogens is 186 g/mol. The molecule has 1 aliphatic heterocycles. The smallest absolute Gasteiger partial charge is 0.128 e. The molecule has 1 fully saturated rings. The Kier molecular flexibility index (Phi) is 3.21. The van der Waals surface area contributed by atoms with E-state index in [9.17, 15) is 0 Å². The second kappa shape index (κ2) is 4.62. The molecule has 0 saturated carbocycles. The Morgan fingerprint density at radius 1 is 1.53 bits per heavy atom. The average Bonchev–Trinajstić information content (AvgIpc) is 2.30. The van der Waals surface area contributed by atoms with Crippen molar-refractivity contribution >= 4 is 5.82 Å². The molecule has 0 aliphatic carbocycles. The van der Waals surface area contributed by atoms with E-state index in [4.69, 9.17) is 5.73 Å². The maximum atomic E-state index is 5.72. The van der Waals surface area contributed by atoms with Crippen LogP contribution in [-0.2, 0) is 0 Å². The lowest BCUT2D eigenvalue weighted by Crippen LogP contribution is -2.38. The first-order valence-corrected chi connectivity index (χ1v) is 5.67. The molecule has 1 unspecified atom stereocenters. The van der Waals surface area contributed by atoms with Gasteiger partial charge in [0.25, 0.3) is 0 Å². The van der Waals surface area contributed by atoms with E-state index in [2.05, 4.69) is 28.9 Å². The molecule has 3 nitrogen and oxygen atoms in total. The normalized spacial score (nSPS) is 21.7. The summed E-state index contributed by atoms with van der Waals surface area (Å²) >= 11 is 0. The van der Waals surface area contributed by atoms with Gasteiger partial charge in [-0.05, 0) is 43.9 Å². The molecule has 82 valence electrons. The highest BCUT2D eigenvalue weighted by Gasteiger charge is 2.19. The van der Waals surface area contributed by atoms with Crippen LogP contribution >= 0.6 is 0 Å². The zero-order valence-corrected chi connectivity index (χ0v) is 9.32. The summed E-state index contributed by atoms with van der Waals surface area (Å²) in [6.07, 6.45) is 4.43. The van der Waals surface area contributed by atoms with Crippen LogP contribution in [0.2, 0.25) is 0 Å².